The second-order valence-corrected chi connectivity index (χ2v) is 7.37. The van der Waals surface area contributed by atoms with Crippen molar-refractivity contribution < 1.29 is 13.9 Å². The van der Waals surface area contributed by atoms with Gasteiger partial charge in [-0.2, -0.15) is 0 Å². The van der Waals surface area contributed by atoms with Gasteiger partial charge in [-0.3, -0.25) is 14.7 Å². The summed E-state index contributed by atoms with van der Waals surface area (Å²) >= 11 is 1.29. The number of carbonyl (C=O) groups excluding carboxylic acids is 1. The van der Waals surface area contributed by atoms with E-state index in [0.29, 0.717) is 21.9 Å². The summed E-state index contributed by atoms with van der Waals surface area (Å²) in [5.41, 5.74) is 1.55. The molecule has 0 saturated heterocycles. The van der Waals surface area contributed by atoms with Crippen LogP contribution in [0.3, 0.4) is 0 Å². The Morgan fingerprint density at radius 3 is 2.76 bits per heavy atom. The molecule has 7 heteroatoms. The van der Waals surface area contributed by atoms with Gasteiger partial charge in [-0.05, 0) is 42.0 Å². The summed E-state index contributed by atoms with van der Waals surface area (Å²) in [6.45, 7) is 0.590. The molecule has 5 nitrogen and oxygen atoms in total. The van der Waals surface area contributed by atoms with Gasteiger partial charge in [0.2, 0.25) is 5.91 Å². The van der Waals surface area contributed by atoms with E-state index in [0.717, 1.165) is 11.3 Å². The van der Waals surface area contributed by atoms with E-state index in [1.54, 1.807) is 23.4 Å². The van der Waals surface area contributed by atoms with Crippen LogP contribution in [0.4, 0.5) is 9.52 Å². The van der Waals surface area contributed by atoms with Crippen LogP contribution in [0.2, 0.25) is 0 Å². The van der Waals surface area contributed by atoms with Crippen molar-refractivity contribution in [3.05, 3.63) is 84.4 Å². The van der Waals surface area contributed by atoms with E-state index in [4.69, 9.17) is 4.74 Å². The zero-order chi connectivity index (χ0) is 20.1. The zero-order valence-corrected chi connectivity index (χ0v) is 16.3. The Morgan fingerprint density at radius 2 is 1.97 bits per heavy atom. The van der Waals surface area contributed by atoms with Crippen LogP contribution in [0.5, 0.6) is 5.75 Å². The first-order valence-corrected chi connectivity index (χ1v) is 9.94. The van der Waals surface area contributed by atoms with Gasteiger partial charge in [0.1, 0.15) is 11.6 Å². The van der Waals surface area contributed by atoms with E-state index in [-0.39, 0.29) is 24.8 Å². The van der Waals surface area contributed by atoms with Gasteiger partial charge in [0.05, 0.1) is 29.8 Å². The summed E-state index contributed by atoms with van der Waals surface area (Å²) in [4.78, 5) is 23.3. The number of pyridine rings is 1. The Morgan fingerprint density at radius 1 is 1.10 bits per heavy atom. The van der Waals surface area contributed by atoms with Crippen LogP contribution in [0.15, 0.2) is 73.1 Å². The smallest absolute Gasteiger partial charge is 0.232 e. The van der Waals surface area contributed by atoms with Crippen molar-refractivity contribution in [2.24, 2.45) is 0 Å². The molecule has 2 aromatic carbocycles. The average molecular weight is 407 g/mol. The predicted molar refractivity (Wildman–Crippen MR) is 112 cm³/mol. The number of amides is 1. The molecule has 0 N–H and O–H groups in total. The summed E-state index contributed by atoms with van der Waals surface area (Å²) in [5, 5.41) is 0.527. The molecule has 0 aliphatic heterocycles. The van der Waals surface area contributed by atoms with E-state index >= 15 is 0 Å². The third kappa shape index (κ3) is 4.75. The lowest BCUT2D eigenvalue weighted by Crippen LogP contribution is -2.31. The predicted octanol–water partition coefficient (Wildman–Crippen LogP) is 4.83. The van der Waals surface area contributed by atoms with Crippen molar-refractivity contribution in [1.29, 1.82) is 0 Å². The van der Waals surface area contributed by atoms with Crippen molar-refractivity contribution in [3.8, 4) is 5.75 Å². The minimum absolute atomic E-state index is 0.121. The van der Waals surface area contributed by atoms with E-state index < -0.39 is 0 Å². The first-order chi connectivity index (χ1) is 14.2. The number of rotatable bonds is 7. The molecule has 0 fully saturated rings. The number of ether oxygens (including phenoxy) is 1. The lowest BCUT2D eigenvalue weighted by Gasteiger charge is -2.20. The normalized spacial score (nSPS) is 10.8. The minimum Gasteiger partial charge on any atom is -0.493 e. The zero-order valence-electron chi connectivity index (χ0n) is 15.5. The molecule has 0 aliphatic rings. The Balaban J connectivity index is 1.54. The Hall–Kier alpha value is -3.32. The largest absolute Gasteiger partial charge is 0.493 e. The molecule has 0 atom stereocenters. The molecule has 4 aromatic rings. The standard InChI is InChI=1S/C22H18FN3O2S/c23-17-8-9-19-20(13-17)29-22(25-19)26(15-16-5-4-11-24-14-16)21(27)10-12-28-18-6-2-1-3-7-18/h1-9,11,13-14H,10,12,15H2. The Kier molecular flexibility index (Phi) is 5.76. The highest BCUT2D eigenvalue weighted by molar-refractivity contribution is 7.22. The summed E-state index contributed by atoms with van der Waals surface area (Å²) in [6, 6.07) is 17.5. The van der Waals surface area contributed by atoms with Crippen LogP contribution < -0.4 is 9.64 Å². The Labute approximate surface area is 171 Å². The van der Waals surface area contributed by atoms with Gasteiger partial charge in [0, 0.05) is 12.4 Å². The van der Waals surface area contributed by atoms with Crippen molar-refractivity contribution in [2.75, 3.05) is 11.5 Å². The summed E-state index contributed by atoms with van der Waals surface area (Å²) in [7, 11) is 0. The van der Waals surface area contributed by atoms with Gasteiger partial charge in [0.15, 0.2) is 5.13 Å². The monoisotopic (exact) mass is 407 g/mol. The molecule has 0 saturated carbocycles. The molecule has 0 aliphatic carbocycles. The van der Waals surface area contributed by atoms with Crippen LogP contribution in [0, 0.1) is 5.82 Å². The number of halogens is 1. The number of para-hydroxylation sites is 1. The minimum atomic E-state index is -0.325. The number of aromatic nitrogens is 2. The first kappa shape index (κ1) is 19.0. The number of anilines is 1. The molecular weight excluding hydrogens is 389 g/mol. The lowest BCUT2D eigenvalue weighted by molar-refractivity contribution is -0.119. The number of carbonyl (C=O) groups is 1. The molecule has 4 rings (SSSR count). The second kappa shape index (κ2) is 8.79. The topological polar surface area (TPSA) is 55.3 Å². The number of hydrogen-bond donors (Lipinski definition) is 0. The van der Waals surface area contributed by atoms with E-state index in [2.05, 4.69) is 9.97 Å². The van der Waals surface area contributed by atoms with Gasteiger partial charge in [-0.25, -0.2) is 9.37 Å². The summed E-state index contributed by atoms with van der Waals surface area (Å²) in [5.74, 6) is 0.271. The highest BCUT2D eigenvalue weighted by Crippen LogP contribution is 2.30. The van der Waals surface area contributed by atoms with Crippen molar-refractivity contribution in [1.82, 2.24) is 9.97 Å². The van der Waals surface area contributed by atoms with Crippen LogP contribution in [-0.2, 0) is 11.3 Å². The summed E-state index contributed by atoms with van der Waals surface area (Å²) in [6.07, 6.45) is 3.59. The third-order valence-corrected chi connectivity index (χ3v) is 5.30. The fraction of sp³-hybridized carbons (Fsp3) is 0.136. The van der Waals surface area contributed by atoms with Crippen molar-refractivity contribution >= 4 is 32.6 Å². The lowest BCUT2D eigenvalue weighted by atomic mass is 10.2. The second-order valence-electron chi connectivity index (χ2n) is 6.36. The molecule has 0 bridgehead atoms. The molecule has 1 amide bonds. The number of benzene rings is 2. The van der Waals surface area contributed by atoms with Crippen molar-refractivity contribution in [3.63, 3.8) is 0 Å². The van der Waals surface area contributed by atoms with Gasteiger partial charge >= 0.3 is 0 Å². The molecule has 0 radical (unpaired) electrons. The molecular formula is C22H18FN3O2S. The first-order valence-electron chi connectivity index (χ1n) is 9.12. The molecule has 146 valence electrons. The fourth-order valence-corrected chi connectivity index (χ4v) is 3.85. The van der Waals surface area contributed by atoms with E-state index in [1.165, 1.54) is 23.5 Å². The number of hydrogen-bond acceptors (Lipinski definition) is 5. The number of fused-ring (bicyclic) bond motifs is 1. The number of thiazole rings is 1. The van der Waals surface area contributed by atoms with E-state index in [1.807, 2.05) is 42.5 Å². The third-order valence-electron chi connectivity index (χ3n) is 4.26. The molecule has 2 heterocycles. The van der Waals surface area contributed by atoms with Crippen LogP contribution >= 0.6 is 11.3 Å². The van der Waals surface area contributed by atoms with Crippen LogP contribution in [0.1, 0.15) is 12.0 Å². The highest BCUT2D eigenvalue weighted by atomic mass is 32.1. The maximum absolute atomic E-state index is 13.6. The maximum atomic E-state index is 13.6. The van der Waals surface area contributed by atoms with E-state index in [9.17, 15) is 9.18 Å². The quantitative estimate of drug-likeness (QED) is 0.440. The van der Waals surface area contributed by atoms with Gasteiger partial charge < -0.3 is 4.74 Å². The average Bonchev–Trinajstić information content (AvgIpc) is 3.16. The molecule has 2 aromatic heterocycles. The summed E-state index contributed by atoms with van der Waals surface area (Å²) < 4.78 is 19.9. The Bertz CT molecular complexity index is 1100. The molecule has 0 spiro atoms. The van der Waals surface area contributed by atoms with Gasteiger partial charge in [0.25, 0.3) is 0 Å². The van der Waals surface area contributed by atoms with Gasteiger partial charge in [-0.1, -0.05) is 35.6 Å². The van der Waals surface area contributed by atoms with Crippen molar-refractivity contribution in [2.45, 2.75) is 13.0 Å². The van der Waals surface area contributed by atoms with Crippen LogP contribution in [0.25, 0.3) is 10.2 Å². The fourth-order valence-electron chi connectivity index (χ4n) is 2.85. The molecule has 29 heavy (non-hydrogen) atoms. The molecule has 0 unspecified atom stereocenters. The SMILES string of the molecule is O=C(CCOc1ccccc1)N(Cc1cccnc1)c1nc2ccc(F)cc2s1. The highest BCUT2D eigenvalue weighted by Gasteiger charge is 2.20. The number of nitrogens with zero attached hydrogens (tertiary/aromatic N) is 3. The van der Waals surface area contributed by atoms with Gasteiger partial charge in [-0.15, -0.1) is 0 Å². The van der Waals surface area contributed by atoms with Crippen LogP contribution in [-0.4, -0.2) is 22.5 Å². The maximum Gasteiger partial charge on any atom is 0.232 e.